The van der Waals surface area contributed by atoms with Gasteiger partial charge in [-0.25, -0.2) is 14.1 Å². The van der Waals surface area contributed by atoms with Crippen LogP contribution in [-0.2, 0) is 9.59 Å². The molecule has 0 bridgehead atoms. The number of halogens is 2. The highest BCUT2D eigenvalue weighted by molar-refractivity contribution is 6.31. The van der Waals surface area contributed by atoms with Gasteiger partial charge in [0.1, 0.15) is 11.7 Å². The summed E-state index contributed by atoms with van der Waals surface area (Å²) in [4.78, 5) is 48.2. The van der Waals surface area contributed by atoms with Gasteiger partial charge in [-0.1, -0.05) is 17.7 Å². The third-order valence-corrected chi connectivity index (χ3v) is 4.27. The van der Waals surface area contributed by atoms with Crippen LogP contribution in [0.4, 0.5) is 26.2 Å². The summed E-state index contributed by atoms with van der Waals surface area (Å²) in [6.45, 7) is -0.260. The van der Waals surface area contributed by atoms with Gasteiger partial charge in [-0.05, 0) is 24.3 Å². The second-order valence-corrected chi connectivity index (χ2v) is 6.21. The first-order valence-corrected chi connectivity index (χ1v) is 8.28. The van der Waals surface area contributed by atoms with Crippen LogP contribution in [-0.4, -0.2) is 29.3 Å². The van der Waals surface area contributed by atoms with E-state index < -0.39 is 34.5 Å². The largest absolute Gasteiger partial charge is 0.336 e. The standard InChI is InChI=1S/C17H12ClFN4O5/c18-13-7-10(4-5-14(13)19)22-16(25)12(8-20-17(22)26)15(24)21-9-2-1-3-11(6-9)23(27)28/h1-7,12H,8H2,(H,20,26)(H,21,24). The molecule has 11 heteroatoms. The zero-order chi connectivity index (χ0) is 20.4. The minimum atomic E-state index is -1.29. The molecule has 2 aromatic carbocycles. The number of nitro benzene ring substituents is 1. The topological polar surface area (TPSA) is 122 Å². The summed E-state index contributed by atoms with van der Waals surface area (Å²) >= 11 is 5.70. The van der Waals surface area contributed by atoms with Crippen molar-refractivity contribution < 1.29 is 23.7 Å². The van der Waals surface area contributed by atoms with Gasteiger partial charge in [0.05, 0.1) is 15.6 Å². The third kappa shape index (κ3) is 3.76. The fraction of sp³-hybridized carbons (Fsp3) is 0.118. The molecule has 4 amide bonds. The molecule has 2 N–H and O–H groups in total. The molecular formula is C17H12ClFN4O5. The van der Waals surface area contributed by atoms with Crippen molar-refractivity contribution in [2.24, 2.45) is 5.92 Å². The number of benzene rings is 2. The number of rotatable bonds is 4. The van der Waals surface area contributed by atoms with Crippen molar-refractivity contribution in [3.8, 4) is 0 Å². The molecule has 0 aliphatic carbocycles. The number of carbonyl (C=O) groups is 3. The fourth-order valence-electron chi connectivity index (χ4n) is 2.61. The van der Waals surface area contributed by atoms with E-state index >= 15 is 0 Å². The van der Waals surface area contributed by atoms with Crippen molar-refractivity contribution in [1.29, 1.82) is 0 Å². The van der Waals surface area contributed by atoms with Crippen molar-refractivity contribution in [3.63, 3.8) is 0 Å². The number of hydrogen-bond donors (Lipinski definition) is 2. The average Bonchev–Trinajstić information content (AvgIpc) is 2.64. The summed E-state index contributed by atoms with van der Waals surface area (Å²) in [5.74, 6) is -3.62. The van der Waals surface area contributed by atoms with E-state index in [0.29, 0.717) is 4.90 Å². The minimum absolute atomic E-state index is 0.00162. The van der Waals surface area contributed by atoms with Gasteiger partial charge in [-0.15, -0.1) is 0 Å². The Morgan fingerprint density at radius 2 is 2.04 bits per heavy atom. The van der Waals surface area contributed by atoms with Crippen molar-refractivity contribution >= 4 is 46.5 Å². The van der Waals surface area contributed by atoms with E-state index in [1.165, 1.54) is 24.3 Å². The Balaban J connectivity index is 1.82. The van der Waals surface area contributed by atoms with Crippen LogP contribution in [0.15, 0.2) is 42.5 Å². The summed E-state index contributed by atoms with van der Waals surface area (Å²) in [5, 5.41) is 15.4. The Labute approximate surface area is 162 Å². The van der Waals surface area contributed by atoms with Gasteiger partial charge in [-0.2, -0.15) is 0 Å². The zero-order valence-corrected chi connectivity index (χ0v) is 14.8. The highest BCUT2D eigenvalue weighted by Gasteiger charge is 2.39. The van der Waals surface area contributed by atoms with Gasteiger partial charge < -0.3 is 10.6 Å². The Morgan fingerprint density at radius 1 is 1.29 bits per heavy atom. The number of anilines is 2. The molecule has 28 heavy (non-hydrogen) atoms. The predicted molar refractivity (Wildman–Crippen MR) is 97.5 cm³/mol. The summed E-state index contributed by atoms with van der Waals surface area (Å²) in [6.07, 6.45) is 0. The average molecular weight is 407 g/mol. The molecule has 0 saturated carbocycles. The molecule has 0 spiro atoms. The van der Waals surface area contributed by atoms with Crippen LogP contribution < -0.4 is 15.5 Å². The molecular weight excluding hydrogens is 395 g/mol. The summed E-state index contributed by atoms with van der Waals surface area (Å²) < 4.78 is 13.3. The van der Waals surface area contributed by atoms with E-state index in [1.54, 1.807) is 0 Å². The molecule has 3 rings (SSSR count). The molecule has 1 atom stereocenters. The lowest BCUT2D eigenvalue weighted by molar-refractivity contribution is -0.384. The maximum Gasteiger partial charge on any atom is 0.328 e. The lowest BCUT2D eigenvalue weighted by Crippen LogP contribution is -2.58. The maximum atomic E-state index is 13.3. The van der Waals surface area contributed by atoms with Gasteiger partial charge in [0, 0.05) is 24.4 Å². The Bertz CT molecular complexity index is 999. The normalized spacial score (nSPS) is 16.5. The third-order valence-electron chi connectivity index (χ3n) is 3.98. The molecule has 0 radical (unpaired) electrons. The molecule has 0 aromatic heterocycles. The van der Waals surface area contributed by atoms with E-state index in [-0.39, 0.29) is 28.6 Å². The Morgan fingerprint density at radius 3 is 2.71 bits per heavy atom. The van der Waals surface area contributed by atoms with Gasteiger partial charge in [-0.3, -0.25) is 19.7 Å². The number of hydrogen-bond acceptors (Lipinski definition) is 5. The van der Waals surface area contributed by atoms with Crippen LogP contribution >= 0.6 is 11.6 Å². The summed E-state index contributed by atoms with van der Waals surface area (Å²) in [5.41, 5.74) is -0.106. The van der Waals surface area contributed by atoms with E-state index in [2.05, 4.69) is 10.6 Å². The Hall–Kier alpha value is -3.53. The van der Waals surface area contributed by atoms with Crippen LogP contribution in [0, 0.1) is 21.8 Å². The molecule has 1 aliphatic heterocycles. The lowest BCUT2D eigenvalue weighted by Gasteiger charge is -2.30. The fourth-order valence-corrected chi connectivity index (χ4v) is 2.79. The number of nitro groups is 1. The van der Waals surface area contributed by atoms with Crippen molar-refractivity contribution in [2.75, 3.05) is 16.8 Å². The predicted octanol–water partition coefficient (Wildman–Crippen LogP) is 2.70. The first-order valence-electron chi connectivity index (χ1n) is 7.90. The number of non-ortho nitro benzene ring substituents is 1. The quantitative estimate of drug-likeness (QED) is 0.459. The highest BCUT2D eigenvalue weighted by atomic mass is 35.5. The van der Waals surface area contributed by atoms with E-state index in [9.17, 15) is 28.9 Å². The highest BCUT2D eigenvalue weighted by Crippen LogP contribution is 2.26. The number of imide groups is 1. The lowest BCUT2D eigenvalue weighted by atomic mass is 10.0. The first kappa shape index (κ1) is 19.2. The molecule has 144 valence electrons. The van der Waals surface area contributed by atoms with Crippen LogP contribution in [0.3, 0.4) is 0 Å². The van der Waals surface area contributed by atoms with Gasteiger partial charge in [0.2, 0.25) is 11.8 Å². The van der Waals surface area contributed by atoms with Crippen LogP contribution in [0.1, 0.15) is 0 Å². The maximum absolute atomic E-state index is 13.3. The van der Waals surface area contributed by atoms with Gasteiger partial charge >= 0.3 is 6.03 Å². The van der Waals surface area contributed by atoms with Crippen LogP contribution in [0.25, 0.3) is 0 Å². The number of carbonyl (C=O) groups excluding carboxylic acids is 3. The molecule has 1 saturated heterocycles. The second kappa shape index (κ2) is 7.61. The van der Waals surface area contributed by atoms with Gasteiger partial charge in [0.15, 0.2) is 0 Å². The first-order chi connectivity index (χ1) is 13.3. The molecule has 1 fully saturated rings. The zero-order valence-electron chi connectivity index (χ0n) is 14.0. The SMILES string of the molecule is O=C(Nc1cccc([N+](=O)[O-])c1)C1CNC(=O)N(c2ccc(F)c(Cl)c2)C1=O. The molecule has 1 unspecified atom stereocenters. The summed E-state index contributed by atoms with van der Waals surface area (Å²) in [6, 6.07) is 7.68. The van der Waals surface area contributed by atoms with E-state index in [1.807, 2.05) is 0 Å². The molecule has 1 heterocycles. The summed E-state index contributed by atoms with van der Waals surface area (Å²) in [7, 11) is 0. The minimum Gasteiger partial charge on any atom is -0.336 e. The monoisotopic (exact) mass is 406 g/mol. The van der Waals surface area contributed by atoms with Crippen molar-refractivity contribution in [2.45, 2.75) is 0 Å². The Kier molecular flexibility index (Phi) is 5.23. The number of nitrogens with zero attached hydrogens (tertiary/aromatic N) is 2. The van der Waals surface area contributed by atoms with E-state index in [0.717, 1.165) is 18.2 Å². The number of urea groups is 1. The molecule has 9 nitrogen and oxygen atoms in total. The van der Waals surface area contributed by atoms with Crippen LogP contribution in [0.2, 0.25) is 5.02 Å². The van der Waals surface area contributed by atoms with Crippen LogP contribution in [0.5, 0.6) is 0 Å². The second-order valence-electron chi connectivity index (χ2n) is 5.81. The molecule has 2 aromatic rings. The van der Waals surface area contributed by atoms with E-state index in [4.69, 9.17) is 11.6 Å². The number of amides is 4. The van der Waals surface area contributed by atoms with Crippen molar-refractivity contribution in [1.82, 2.24) is 5.32 Å². The molecule has 1 aliphatic rings. The number of nitrogens with one attached hydrogen (secondary N) is 2. The van der Waals surface area contributed by atoms with Crippen molar-refractivity contribution in [3.05, 3.63) is 63.4 Å². The van der Waals surface area contributed by atoms with Gasteiger partial charge in [0.25, 0.3) is 5.69 Å². The smallest absolute Gasteiger partial charge is 0.328 e.